The maximum absolute atomic E-state index is 14.7. The number of aromatic amines is 1. The summed E-state index contributed by atoms with van der Waals surface area (Å²) in [6, 6.07) is 8.68. The van der Waals surface area contributed by atoms with Crippen LogP contribution in [0, 0.1) is 17.7 Å². The van der Waals surface area contributed by atoms with Crippen LogP contribution in [0.3, 0.4) is 0 Å². The smallest absolute Gasteiger partial charge is 0.396 e. The average molecular weight is 761 g/mol. The quantitative estimate of drug-likeness (QED) is 0.0565. The fourth-order valence-corrected chi connectivity index (χ4v) is 6.99. The van der Waals surface area contributed by atoms with E-state index in [-0.39, 0.29) is 68.9 Å². The van der Waals surface area contributed by atoms with Crippen molar-refractivity contribution < 1.29 is 41.8 Å². The van der Waals surface area contributed by atoms with Gasteiger partial charge in [0.1, 0.15) is 23.2 Å². The Morgan fingerprint density at radius 1 is 1.04 bits per heavy atom. The summed E-state index contributed by atoms with van der Waals surface area (Å²) in [5, 5.41) is 24.0. The number of para-hydroxylation sites is 1. The van der Waals surface area contributed by atoms with Crippen LogP contribution in [0.25, 0.3) is 10.9 Å². The van der Waals surface area contributed by atoms with Gasteiger partial charge < -0.3 is 41.5 Å². The molecule has 4 amide bonds. The van der Waals surface area contributed by atoms with Crippen molar-refractivity contribution in [2.75, 3.05) is 26.2 Å². The number of aromatic nitrogens is 1. The number of halogens is 4. The first-order valence-electron chi connectivity index (χ1n) is 18.5. The molecule has 2 unspecified atom stereocenters. The molecule has 11 nitrogen and oxygen atoms in total. The van der Waals surface area contributed by atoms with Crippen LogP contribution in [0.15, 0.2) is 42.5 Å². The first kappa shape index (κ1) is 42.2. The number of aliphatic hydroxyl groups is 1. The Hall–Kier alpha value is -4.50. The van der Waals surface area contributed by atoms with E-state index < -0.39 is 58.4 Å². The summed E-state index contributed by atoms with van der Waals surface area (Å²) in [6.07, 6.45) is -2.60. The number of hydrogen-bond donors (Lipinski definition) is 7. The minimum Gasteiger partial charge on any atom is -0.396 e. The van der Waals surface area contributed by atoms with Gasteiger partial charge in [-0.25, -0.2) is 9.18 Å². The second kappa shape index (κ2) is 18.2. The highest BCUT2D eigenvalue weighted by Gasteiger charge is 2.47. The molecule has 15 heteroatoms. The number of fused-ring (bicyclic) bond motifs is 3. The van der Waals surface area contributed by atoms with E-state index in [9.17, 15) is 36.7 Å². The second-order valence-corrected chi connectivity index (χ2v) is 14.4. The van der Waals surface area contributed by atoms with Crippen molar-refractivity contribution in [3.8, 4) is 0 Å². The molecule has 54 heavy (non-hydrogen) atoms. The molecule has 2 aromatic carbocycles. The Labute approximate surface area is 312 Å². The Bertz CT molecular complexity index is 1780. The van der Waals surface area contributed by atoms with Crippen LogP contribution < -0.4 is 26.6 Å². The van der Waals surface area contributed by atoms with Gasteiger partial charge in [-0.15, -0.1) is 0 Å². The summed E-state index contributed by atoms with van der Waals surface area (Å²) in [6.45, 7) is 7.48. The molecule has 1 heterocycles. The summed E-state index contributed by atoms with van der Waals surface area (Å²) in [5.41, 5.74) is -2.69. The highest BCUT2D eigenvalue weighted by atomic mass is 19.4. The van der Waals surface area contributed by atoms with Crippen LogP contribution in [0.5, 0.6) is 0 Å². The van der Waals surface area contributed by atoms with Gasteiger partial charge in [0.15, 0.2) is 0 Å². The molecule has 0 bridgehead atoms. The summed E-state index contributed by atoms with van der Waals surface area (Å²) < 4.78 is 56.7. The monoisotopic (exact) mass is 760 g/mol. The molecule has 1 aliphatic carbocycles. The topological polar surface area (TPSA) is 164 Å². The standard InChI is InChI=1S/C39H52F4N6O5/c1-5-24(3)32(21-45-36(54)44-17-10-18-50)48-35(53)37(16-15-31-28(20-37)27-12-9-13-29(34(27)47-31)39(41,42)43)46-22-38(23-51,25(4)6-2)49-33(52)19-26-11-7-8-14-30(26)40/h7-9,11-14,23-25,32,46-47,50H,5-6,10,15-22H2,1-4H3,(H,48,53)(H,49,52)(H2,44,45,54)/t24?,25?,32-,37-,38-/m1/s1. The zero-order valence-electron chi connectivity index (χ0n) is 31.2. The molecule has 5 atom stereocenters. The van der Waals surface area contributed by atoms with E-state index in [2.05, 4.69) is 31.6 Å². The Kier molecular flexibility index (Phi) is 14.3. The lowest BCUT2D eigenvalue weighted by molar-refractivity contribution is -0.136. The maximum Gasteiger partial charge on any atom is 0.418 e. The molecule has 0 aliphatic heterocycles. The van der Waals surface area contributed by atoms with Gasteiger partial charge >= 0.3 is 12.2 Å². The number of aliphatic hydroxyl groups excluding tert-OH is 1. The van der Waals surface area contributed by atoms with Gasteiger partial charge in [0.05, 0.1) is 17.5 Å². The summed E-state index contributed by atoms with van der Waals surface area (Å²) >= 11 is 0. The van der Waals surface area contributed by atoms with E-state index >= 15 is 0 Å². The molecular formula is C39H52F4N6O5. The summed E-state index contributed by atoms with van der Waals surface area (Å²) in [4.78, 5) is 56.6. The fraction of sp³-hybridized carbons (Fsp3) is 0.538. The molecular weight excluding hydrogens is 708 g/mol. The number of nitrogens with one attached hydrogen (secondary N) is 6. The molecule has 1 aromatic heterocycles. The Morgan fingerprint density at radius 2 is 1.78 bits per heavy atom. The number of aldehydes is 1. The molecule has 4 rings (SSSR count). The van der Waals surface area contributed by atoms with Crippen LogP contribution >= 0.6 is 0 Å². The third-order valence-electron chi connectivity index (χ3n) is 10.9. The number of hydrogen-bond acceptors (Lipinski definition) is 6. The largest absolute Gasteiger partial charge is 0.418 e. The second-order valence-electron chi connectivity index (χ2n) is 14.4. The highest BCUT2D eigenvalue weighted by molar-refractivity contribution is 5.92. The third-order valence-corrected chi connectivity index (χ3v) is 10.9. The van der Waals surface area contributed by atoms with E-state index in [1.165, 1.54) is 24.3 Å². The number of rotatable bonds is 18. The van der Waals surface area contributed by atoms with Crippen molar-refractivity contribution in [2.45, 2.75) is 95.9 Å². The lowest BCUT2D eigenvalue weighted by Gasteiger charge is -2.43. The number of benzene rings is 2. The molecule has 0 radical (unpaired) electrons. The van der Waals surface area contributed by atoms with Crippen LogP contribution in [0.1, 0.15) is 75.8 Å². The number of carbonyl (C=O) groups is 4. The van der Waals surface area contributed by atoms with Gasteiger partial charge in [0.25, 0.3) is 0 Å². The van der Waals surface area contributed by atoms with Crippen molar-refractivity contribution in [1.82, 2.24) is 31.6 Å². The number of urea groups is 1. The lowest BCUT2D eigenvalue weighted by atomic mass is 9.76. The van der Waals surface area contributed by atoms with E-state index in [1.807, 2.05) is 20.8 Å². The molecule has 7 N–H and O–H groups in total. The Balaban J connectivity index is 1.71. The fourth-order valence-electron chi connectivity index (χ4n) is 6.99. The number of H-pyrrole nitrogens is 1. The molecule has 0 spiro atoms. The van der Waals surface area contributed by atoms with E-state index in [0.717, 1.165) is 6.07 Å². The number of carbonyl (C=O) groups excluding carboxylic acids is 4. The van der Waals surface area contributed by atoms with E-state index in [0.29, 0.717) is 42.2 Å². The Morgan fingerprint density at radius 3 is 2.43 bits per heavy atom. The van der Waals surface area contributed by atoms with Crippen LogP contribution in [-0.4, -0.2) is 77.6 Å². The molecule has 0 saturated heterocycles. The minimum absolute atomic E-state index is 0.0452. The van der Waals surface area contributed by atoms with Gasteiger partial charge in [-0.3, -0.25) is 9.59 Å². The summed E-state index contributed by atoms with van der Waals surface area (Å²) in [7, 11) is 0. The predicted octanol–water partition coefficient (Wildman–Crippen LogP) is 4.70. The first-order chi connectivity index (χ1) is 25.6. The third kappa shape index (κ3) is 9.78. The molecule has 0 fully saturated rings. The molecule has 1 aliphatic rings. The first-order valence-corrected chi connectivity index (χ1v) is 18.5. The van der Waals surface area contributed by atoms with Gasteiger partial charge in [0, 0.05) is 49.8 Å². The van der Waals surface area contributed by atoms with Crippen molar-refractivity contribution in [3.05, 3.63) is 70.7 Å². The van der Waals surface area contributed by atoms with E-state index in [1.54, 1.807) is 19.1 Å². The predicted molar refractivity (Wildman–Crippen MR) is 197 cm³/mol. The van der Waals surface area contributed by atoms with Gasteiger partial charge in [0.2, 0.25) is 11.8 Å². The highest BCUT2D eigenvalue weighted by Crippen LogP contribution is 2.40. The van der Waals surface area contributed by atoms with Crippen molar-refractivity contribution in [2.24, 2.45) is 11.8 Å². The molecule has 3 aromatic rings. The lowest BCUT2D eigenvalue weighted by Crippen LogP contribution is -2.68. The molecule has 296 valence electrons. The van der Waals surface area contributed by atoms with Crippen LogP contribution in [0.4, 0.5) is 22.4 Å². The number of aryl methyl sites for hydroxylation is 1. The zero-order valence-corrected chi connectivity index (χ0v) is 31.2. The van der Waals surface area contributed by atoms with Gasteiger partial charge in [-0.1, -0.05) is 70.9 Å². The van der Waals surface area contributed by atoms with Crippen LogP contribution in [-0.2, 0) is 39.8 Å². The average Bonchev–Trinajstić information content (AvgIpc) is 3.52. The van der Waals surface area contributed by atoms with Gasteiger partial charge in [-0.2, -0.15) is 13.2 Å². The molecule has 0 saturated carbocycles. The maximum atomic E-state index is 14.7. The summed E-state index contributed by atoms with van der Waals surface area (Å²) in [5.74, 6) is -2.22. The SMILES string of the molecule is CCC(C)[C@@H](CNC(=O)NCCCO)NC(=O)[C@@]1(NC[C@](C=O)(NC(=O)Cc2ccccc2F)C(C)CC)CCc2[nH]c3c(C(F)(F)F)cccc3c2C1. The normalized spacial score (nSPS) is 18.5. The number of amides is 4. The van der Waals surface area contributed by atoms with Crippen molar-refractivity contribution in [1.29, 1.82) is 0 Å². The number of alkyl halides is 3. The van der Waals surface area contributed by atoms with Gasteiger partial charge in [-0.05, 0) is 54.4 Å². The zero-order chi connectivity index (χ0) is 39.7. The van der Waals surface area contributed by atoms with Crippen molar-refractivity contribution >= 4 is 35.0 Å². The van der Waals surface area contributed by atoms with Crippen molar-refractivity contribution in [3.63, 3.8) is 0 Å². The van der Waals surface area contributed by atoms with E-state index in [4.69, 9.17) is 5.11 Å². The van der Waals surface area contributed by atoms with Crippen LogP contribution in [0.2, 0.25) is 0 Å². The minimum atomic E-state index is -4.62.